The Kier molecular flexibility index (Phi) is 10.9. The van der Waals surface area contributed by atoms with E-state index in [2.05, 4.69) is 31.2 Å². The van der Waals surface area contributed by atoms with E-state index in [4.69, 9.17) is 9.47 Å². The number of likely N-dealkylation sites (N-methyl/N-ethyl adjacent to an activating group) is 1. The van der Waals surface area contributed by atoms with Crippen LogP contribution < -0.4 is 26.0 Å². The van der Waals surface area contributed by atoms with E-state index >= 15 is 0 Å². The van der Waals surface area contributed by atoms with Gasteiger partial charge in [0.25, 0.3) is 0 Å². The van der Waals surface area contributed by atoms with Crippen LogP contribution in [0.4, 0.5) is 10.5 Å². The summed E-state index contributed by atoms with van der Waals surface area (Å²) >= 11 is 0. The Labute approximate surface area is 230 Å². The van der Waals surface area contributed by atoms with Crippen LogP contribution in [0, 0.1) is 5.41 Å². The highest BCUT2D eigenvalue weighted by atomic mass is 16.5. The van der Waals surface area contributed by atoms with E-state index in [1.165, 1.54) is 0 Å². The quantitative estimate of drug-likeness (QED) is 0.322. The van der Waals surface area contributed by atoms with Crippen LogP contribution in [-0.2, 0) is 20.9 Å². The van der Waals surface area contributed by atoms with E-state index in [0.29, 0.717) is 44.2 Å². The maximum Gasteiger partial charge on any atom is 0.325 e. The van der Waals surface area contributed by atoms with Gasteiger partial charge in [0.1, 0.15) is 12.3 Å². The van der Waals surface area contributed by atoms with Gasteiger partial charge in [-0.05, 0) is 24.0 Å². The minimum absolute atomic E-state index is 0.0160. The van der Waals surface area contributed by atoms with Crippen LogP contribution in [-0.4, -0.2) is 99.2 Å². The summed E-state index contributed by atoms with van der Waals surface area (Å²) in [4.78, 5) is 45.8. The van der Waals surface area contributed by atoms with Gasteiger partial charge in [-0.3, -0.25) is 19.8 Å². The molecule has 0 radical (unpaired) electrons. The number of aliphatic imine (C=N–C) groups is 1. The molecule has 0 aliphatic carbocycles. The summed E-state index contributed by atoms with van der Waals surface area (Å²) < 4.78 is 11.4. The van der Waals surface area contributed by atoms with Gasteiger partial charge >= 0.3 is 12.0 Å². The average Bonchev–Trinajstić information content (AvgIpc) is 2.90. The van der Waals surface area contributed by atoms with Crippen molar-refractivity contribution >= 4 is 29.6 Å². The van der Waals surface area contributed by atoms with Crippen LogP contribution >= 0.6 is 0 Å². The number of ether oxygens (including phenoxy) is 2. The molecule has 1 aromatic carbocycles. The van der Waals surface area contributed by atoms with Gasteiger partial charge in [0.15, 0.2) is 0 Å². The highest BCUT2D eigenvalue weighted by molar-refractivity contribution is 5.99. The molecule has 12 heteroatoms. The number of hydrogen-bond donors (Lipinski definition) is 4. The average molecular weight is 546 g/mol. The zero-order chi connectivity index (χ0) is 28.4. The third-order valence-electron chi connectivity index (χ3n) is 6.29. The van der Waals surface area contributed by atoms with E-state index in [-0.39, 0.29) is 29.9 Å². The standard InChI is InChI=1S/C27H43N7O5/c1-6-30-26(37)32-25-31-21-15-20(38-14-9-22(24(36)28-5)33-12-10-29-11-13-33)8-7-19(21)16-34(25)17-23(35)39-18-27(2,3)4/h7-8,15,22,29H,6,9-14,16-18H2,1-5H3,(H,28,36)(H2,30,31,32,37). The Bertz CT molecular complexity index is 1030. The van der Waals surface area contributed by atoms with E-state index in [0.717, 1.165) is 31.7 Å². The van der Waals surface area contributed by atoms with Gasteiger partial charge in [-0.1, -0.05) is 26.8 Å². The zero-order valence-electron chi connectivity index (χ0n) is 23.8. The molecule has 1 saturated heterocycles. The van der Waals surface area contributed by atoms with E-state index < -0.39 is 12.0 Å². The topological polar surface area (TPSA) is 137 Å². The molecule has 3 rings (SSSR count). The number of nitrogens with zero attached hydrogens (tertiary/aromatic N) is 3. The van der Waals surface area contributed by atoms with Gasteiger partial charge < -0.3 is 30.3 Å². The first-order valence-corrected chi connectivity index (χ1v) is 13.6. The normalized spacial score (nSPS) is 16.4. The number of nitrogens with one attached hydrogen (secondary N) is 4. The van der Waals surface area contributed by atoms with Gasteiger partial charge in [0.05, 0.1) is 24.9 Å². The molecular weight excluding hydrogens is 502 g/mol. The molecule has 1 fully saturated rings. The summed E-state index contributed by atoms with van der Waals surface area (Å²) in [5, 5.41) is 11.5. The minimum Gasteiger partial charge on any atom is -0.493 e. The molecular formula is C27H43N7O5. The van der Waals surface area contributed by atoms with E-state index in [1.54, 1.807) is 11.9 Å². The third kappa shape index (κ3) is 9.39. The highest BCUT2D eigenvalue weighted by Gasteiger charge is 2.27. The van der Waals surface area contributed by atoms with Gasteiger partial charge in [0, 0.05) is 58.8 Å². The zero-order valence-corrected chi connectivity index (χ0v) is 23.8. The number of urea groups is 1. The van der Waals surface area contributed by atoms with Gasteiger partial charge in [-0.25, -0.2) is 9.79 Å². The predicted octanol–water partition coefficient (Wildman–Crippen LogP) is 1.19. The molecule has 2 aliphatic heterocycles. The SMILES string of the molecule is CCNC(=O)NC1=Nc2cc(OCCC(C(=O)NC)N3CCNCC3)ccc2CN1CC(=O)OCC(C)(C)C. The van der Waals surface area contributed by atoms with Crippen molar-refractivity contribution in [1.29, 1.82) is 0 Å². The molecule has 12 nitrogen and oxygen atoms in total. The molecule has 1 atom stereocenters. The fourth-order valence-corrected chi connectivity index (χ4v) is 4.31. The van der Waals surface area contributed by atoms with Crippen molar-refractivity contribution in [3.05, 3.63) is 23.8 Å². The Morgan fingerprint density at radius 3 is 2.59 bits per heavy atom. The molecule has 0 saturated carbocycles. The predicted molar refractivity (Wildman–Crippen MR) is 149 cm³/mol. The van der Waals surface area contributed by atoms with Gasteiger partial charge in [0.2, 0.25) is 11.9 Å². The van der Waals surface area contributed by atoms with Crippen molar-refractivity contribution < 1.29 is 23.9 Å². The van der Waals surface area contributed by atoms with Gasteiger partial charge in [-0.2, -0.15) is 0 Å². The number of guanidine groups is 1. The molecule has 4 N–H and O–H groups in total. The lowest BCUT2D eigenvalue weighted by Gasteiger charge is -2.33. The second kappa shape index (κ2) is 14.1. The number of fused-ring (bicyclic) bond motifs is 1. The molecule has 0 bridgehead atoms. The smallest absolute Gasteiger partial charge is 0.325 e. The van der Waals surface area contributed by atoms with Gasteiger partial charge in [-0.15, -0.1) is 0 Å². The lowest BCUT2D eigenvalue weighted by molar-refractivity contribution is -0.146. The maximum absolute atomic E-state index is 12.5. The number of amides is 3. The summed E-state index contributed by atoms with van der Waals surface area (Å²) in [7, 11) is 1.65. The molecule has 3 amide bonds. The summed E-state index contributed by atoms with van der Waals surface area (Å²) in [6.45, 7) is 12.6. The summed E-state index contributed by atoms with van der Waals surface area (Å²) in [6, 6.07) is 4.90. The number of hydrogen-bond acceptors (Lipinski definition) is 9. The molecule has 0 aromatic heterocycles. The second-order valence-electron chi connectivity index (χ2n) is 10.8. The molecule has 0 spiro atoms. The van der Waals surface area contributed by atoms with Crippen molar-refractivity contribution in [2.24, 2.45) is 10.4 Å². The molecule has 39 heavy (non-hydrogen) atoms. The largest absolute Gasteiger partial charge is 0.493 e. The third-order valence-corrected chi connectivity index (χ3v) is 6.29. The molecule has 2 aliphatic rings. The highest BCUT2D eigenvalue weighted by Crippen LogP contribution is 2.30. The van der Waals surface area contributed by atoms with Crippen LogP contribution in [0.2, 0.25) is 0 Å². The number of benzene rings is 1. The molecule has 2 heterocycles. The fraction of sp³-hybridized carbons (Fsp3) is 0.630. The molecule has 1 unspecified atom stereocenters. The van der Waals surface area contributed by atoms with Crippen molar-refractivity contribution in [2.45, 2.75) is 46.7 Å². The Morgan fingerprint density at radius 1 is 1.18 bits per heavy atom. The van der Waals surface area contributed by atoms with Crippen LogP contribution in [0.3, 0.4) is 0 Å². The number of carbonyl (C=O) groups is 3. The first-order chi connectivity index (χ1) is 18.6. The lowest BCUT2D eigenvalue weighted by Crippen LogP contribution is -2.53. The van der Waals surface area contributed by atoms with Crippen molar-refractivity contribution in [2.75, 3.05) is 59.5 Å². The van der Waals surface area contributed by atoms with Crippen LogP contribution in [0.5, 0.6) is 5.75 Å². The maximum atomic E-state index is 12.5. The number of esters is 1. The van der Waals surface area contributed by atoms with Crippen molar-refractivity contribution in [3.8, 4) is 5.75 Å². The van der Waals surface area contributed by atoms with Crippen LogP contribution in [0.1, 0.15) is 39.7 Å². The number of carbonyl (C=O) groups excluding carboxylic acids is 3. The van der Waals surface area contributed by atoms with E-state index in [1.807, 2.05) is 45.9 Å². The second-order valence-corrected chi connectivity index (χ2v) is 10.8. The lowest BCUT2D eigenvalue weighted by atomic mass is 9.99. The molecule has 1 aromatic rings. The van der Waals surface area contributed by atoms with Crippen LogP contribution in [0.25, 0.3) is 0 Å². The molecule has 216 valence electrons. The number of rotatable bonds is 10. The van der Waals surface area contributed by atoms with E-state index in [9.17, 15) is 14.4 Å². The summed E-state index contributed by atoms with van der Waals surface area (Å²) in [5.41, 5.74) is 1.38. The monoisotopic (exact) mass is 545 g/mol. The first kappa shape index (κ1) is 30.2. The summed E-state index contributed by atoms with van der Waals surface area (Å²) in [5.74, 6) is 0.465. The Morgan fingerprint density at radius 2 is 1.92 bits per heavy atom. The fourth-order valence-electron chi connectivity index (χ4n) is 4.31. The van der Waals surface area contributed by atoms with Crippen LogP contribution in [0.15, 0.2) is 23.2 Å². The first-order valence-electron chi connectivity index (χ1n) is 13.6. The van der Waals surface area contributed by atoms with Crippen molar-refractivity contribution in [1.82, 2.24) is 31.1 Å². The Balaban J connectivity index is 1.69. The summed E-state index contributed by atoms with van der Waals surface area (Å²) in [6.07, 6.45) is 0.550. The van der Waals surface area contributed by atoms with Crippen molar-refractivity contribution in [3.63, 3.8) is 0 Å². The minimum atomic E-state index is -0.409. The number of piperazine rings is 1. The Hall–Kier alpha value is -3.38.